The molecule has 0 rings (SSSR count). The van der Waals surface area contributed by atoms with E-state index >= 15 is 0 Å². The molecule has 0 aromatic rings. The van der Waals surface area contributed by atoms with E-state index in [2.05, 4.69) is 0 Å². The fourth-order valence-corrected chi connectivity index (χ4v) is 1.11. The molecule has 0 aromatic heterocycles. The molecule has 0 amide bonds. The van der Waals surface area contributed by atoms with Gasteiger partial charge in [0.1, 0.15) is 10.5 Å². The molecule has 0 saturated heterocycles. The normalized spacial score (nSPS) is 12.3. The predicted octanol–water partition coefficient (Wildman–Crippen LogP) is 1.43. The van der Waals surface area contributed by atoms with Crippen molar-refractivity contribution < 1.29 is 4.43 Å². The van der Waals surface area contributed by atoms with Crippen LogP contribution in [-0.4, -0.2) is 20.9 Å². The summed E-state index contributed by atoms with van der Waals surface area (Å²) in [4.78, 5) is 0. The van der Waals surface area contributed by atoms with Crippen LogP contribution < -0.4 is 0 Å². The highest BCUT2D eigenvalue weighted by molar-refractivity contribution is 6.67. The average molecular weight is 208 g/mol. The first kappa shape index (κ1) is 10.0. The summed E-state index contributed by atoms with van der Waals surface area (Å²) >= 11 is 16.4. The Morgan fingerprint density at radius 3 is 2.22 bits per heavy atom. The second-order valence-corrected chi connectivity index (χ2v) is 4.80. The van der Waals surface area contributed by atoms with Gasteiger partial charge in [0.05, 0.1) is 0 Å². The van der Waals surface area contributed by atoms with Gasteiger partial charge in [-0.2, -0.15) is 0 Å². The SMILES string of the molecule is [SiH3]OCCCC(Cl)(Cl)Cl. The number of alkyl halides is 3. The molecule has 0 heterocycles. The number of halogens is 3. The Morgan fingerprint density at radius 1 is 1.33 bits per heavy atom. The zero-order valence-corrected chi connectivity index (χ0v) is 9.43. The van der Waals surface area contributed by atoms with Gasteiger partial charge in [-0.1, -0.05) is 34.8 Å². The van der Waals surface area contributed by atoms with Crippen LogP contribution >= 0.6 is 34.8 Å². The molecule has 5 heteroatoms. The van der Waals surface area contributed by atoms with Crippen molar-refractivity contribution in [3.05, 3.63) is 0 Å². The van der Waals surface area contributed by atoms with Crippen molar-refractivity contribution in [1.82, 2.24) is 0 Å². The van der Waals surface area contributed by atoms with Gasteiger partial charge in [0, 0.05) is 6.61 Å². The van der Waals surface area contributed by atoms with E-state index in [0.717, 1.165) is 16.9 Å². The van der Waals surface area contributed by atoms with Gasteiger partial charge in [0.15, 0.2) is 3.79 Å². The molecule has 9 heavy (non-hydrogen) atoms. The Bertz CT molecular complexity index is 72.7. The third-order valence-electron chi connectivity index (χ3n) is 0.809. The van der Waals surface area contributed by atoms with Crippen LogP contribution in [-0.2, 0) is 4.43 Å². The second kappa shape index (κ2) is 4.80. The first-order valence-corrected chi connectivity index (χ1v) is 4.57. The van der Waals surface area contributed by atoms with Crippen LogP contribution in [0, 0.1) is 0 Å². The summed E-state index contributed by atoms with van der Waals surface area (Å²) in [6.07, 6.45) is 1.39. The zero-order chi connectivity index (χ0) is 7.33. The van der Waals surface area contributed by atoms with Crippen molar-refractivity contribution in [2.75, 3.05) is 6.61 Å². The standard InChI is InChI=1S/C4H9Cl3OSi/c5-4(6,7)2-1-3-8-9/h1-3H2,9H3. The van der Waals surface area contributed by atoms with Crippen LogP contribution in [0.25, 0.3) is 0 Å². The van der Waals surface area contributed by atoms with Crippen molar-refractivity contribution in [2.45, 2.75) is 16.6 Å². The van der Waals surface area contributed by atoms with Crippen LogP contribution in [0.4, 0.5) is 0 Å². The predicted molar refractivity (Wildman–Crippen MR) is 45.4 cm³/mol. The maximum Gasteiger partial charge on any atom is 0.190 e. The van der Waals surface area contributed by atoms with Crippen LogP contribution in [0.5, 0.6) is 0 Å². The second-order valence-electron chi connectivity index (χ2n) is 1.71. The molecule has 0 aliphatic carbocycles. The van der Waals surface area contributed by atoms with Gasteiger partial charge in [-0.15, -0.1) is 0 Å². The van der Waals surface area contributed by atoms with Gasteiger partial charge in [-0.3, -0.25) is 0 Å². The monoisotopic (exact) mass is 206 g/mol. The summed E-state index contributed by atoms with van der Waals surface area (Å²) in [5.74, 6) is 0. The lowest BCUT2D eigenvalue weighted by atomic mass is 10.4. The van der Waals surface area contributed by atoms with E-state index in [-0.39, 0.29) is 0 Å². The van der Waals surface area contributed by atoms with Gasteiger partial charge < -0.3 is 4.43 Å². The molecule has 0 N–H and O–H groups in total. The summed E-state index contributed by atoms with van der Waals surface area (Å²) < 4.78 is 3.80. The Kier molecular flexibility index (Phi) is 5.36. The van der Waals surface area contributed by atoms with E-state index in [0.29, 0.717) is 13.0 Å². The Labute approximate surface area is 73.2 Å². The molecule has 1 nitrogen and oxygen atoms in total. The molecular weight excluding hydrogens is 198 g/mol. The van der Waals surface area contributed by atoms with Crippen molar-refractivity contribution in [1.29, 1.82) is 0 Å². The Morgan fingerprint density at radius 2 is 1.89 bits per heavy atom. The van der Waals surface area contributed by atoms with E-state index in [4.69, 9.17) is 39.2 Å². The molecule has 0 bridgehead atoms. The Balaban J connectivity index is 3.07. The summed E-state index contributed by atoms with van der Waals surface area (Å²) in [5.41, 5.74) is 0. The fourth-order valence-electron chi connectivity index (χ4n) is 0.417. The van der Waals surface area contributed by atoms with Crippen LogP contribution in [0.1, 0.15) is 12.8 Å². The fraction of sp³-hybridized carbons (Fsp3) is 1.00. The topological polar surface area (TPSA) is 9.23 Å². The highest BCUT2D eigenvalue weighted by Crippen LogP contribution is 2.30. The maximum atomic E-state index is 5.46. The summed E-state index contributed by atoms with van der Waals surface area (Å²) in [7, 11) is 0.761. The highest BCUT2D eigenvalue weighted by Gasteiger charge is 2.17. The van der Waals surface area contributed by atoms with Crippen molar-refractivity contribution in [3.63, 3.8) is 0 Å². The highest BCUT2D eigenvalue weighted by atomic mass is 35.6. The molecule has 0 unspecified atom stereocenters. The van der Waals surface area contributed by atoms with E-state index in [9.17, 15) is 0 Å². The van der Waals surface area contributed by atoms with Gasteiger partial charge in [-0.25, -0.2) is 0 Å². The van der Waals surface area contributed by atoms with Crippen LogP contribution in [0.2, 0.25) is 0 Å². The zero-order valence-electron chi connectivity index (χ0n) is 5.16. The molecule has 0 radical (unpaired) electrons. The van der Waals surface area contributed by atoms with E-state index < -0.39 is 3.79 Å². The molecular formula is C4H9Cl3OSi. The lowest BCUT2D eigenvalue weighted by Gasteiger charge is -2.08. The molecule has 0 saturated carbocycles. The van der Waals surface area contributed by atoms with Gasteiger partial charge in [0.2, 0.25) is 0 Å². The van der Waals surface area contributed by atoms with E-state index in [1.807, 2.05) is 0 Å². The lowest BCUT2D eigenvalue weighted by Crippen LogP contribution is -2.03. The van der Waals surface area contributed by atoms with Gasteiger partial charge >= 0.3 is 0 Å². The molecule has 0 aromatic carbocycles. The largest absolute Gasteiger partial charge is 0.428 e. The molecule has 56 valence electrons. The average Bonchev–Trinajstić information content (AvgIpc) is 1.63. The third-order valence-corrected chi connectivity index (χ3v) is 1.78. The van der Waals surface area contributed by atoms with Crippen LogP contribution in [0.3, 0.4) is 0 Å². The van der Waals surface area contributed by atoms with Gasteiger partial charge in [0.25, 0.3) is 0 Å². The quantitative estimate of drug-likeness (QED) is 0.387. The first-order valence-electron chi connectivity index (χ1n) is 2.62. The van der Waals surface area contributed by atoms with Gasteiger partial charge in [-0.05, 0) is 12.8 Å². The Hall–Kier alpha value is 1.05. The van der Waals surface area contributed by atoms with E-state index in [1.165, 1.54) is 0 Å². The smallest absolute Gasteiger partial charge is 0.190 e. The maximum absolute atomic E-state index is 5.46. The van der Waals surface area contributed by atoms with Crippen molar-refractivity contribution >= 4 is 45.3 Å². The molecule has 0 atom stereocenters. The minimum Gasteiger partial charge on any atom is -0.428 e. The molecule has 0 aliphatic rings. The summed E-state index contributed by atoms with van der Waals surface area (Å²) in [5, 5.41) is 0. The minimum absolute atomic E-state index is 0.569. The molecule has 0 fully saturated rings. The first-order chi connectivity index (χ1) is 4.06. The summed E-state index contributed by atoms with van der Waals surface area (Å²) in [6.45, 7) is 0.708. The molecule has 0 spiro atoms. The number of hydrogen-bond donors (Lipinski definition) is 0. The number of hydrogen-bond acceptors (Lipinski definition) is 1. The minimum atomic E-state index is -1.10. The van der Waals surface area contributed by atoms with Crippen molar-refractivity contribution in [2.24, 2.45) is 0 Å². The van der Waals surface area contributed by atoms with E-state index in [1.54, 1.807) is 0 Å². The summed E-state index contributed by atoms with van der Waals surface area (Å²) in [6, 6.07) is 0. The third kappa shape index (κ3) is 9.05. The van der Waals surface area contributed by atoms with Crippen molar-refractivity contribution in [3.8, 4) is 0 Å². The lowest BCUT2D eigenvalue weighted by molar-refractivity contribution is 0.337. The number of rotatable bonds is 3. The van der Waals surface area contributed by atoms with Crippen LogP contribution in [0.15, 0.2) is 0 Å². The molecule has 0 aliphatic heterocycles.